The van der Waals surface area contributed by atoms with E-state index in [0.717, 1.165) is 54.3 Å². The first-order chi connectivity index (χ1) is 17.5. The molecular weight excluding hydrogens is 446 g/mol. The number of rotatable bonds is 12. The molecule has 4 aromatic rings. The average Bonchev–Trinajstić information content (AvgIpc) is 3.19. The van der Waals surface area contributed by atoms with Gasteiger partial charge in [0, 0.05) is 32.2 Å². The normalized spacial score (nSPS) is 12.1. The fourth-order valence-corrected chi connectivity index (χ4v) is 4.45. The second kappa shape index (κ2) is 12.5. The van der Waals surface area contributed by atoms with Crippen molar-refractivity contribution in [2.75, 3.05) is 6.54 Å². The smallest absolute Gasteiger partial charge is 0.222 e. The number of aliphatic hydroxyl groups excluding tert-OH is 1. The van der Waals surface area contributed by atoms with E-state index in [-0.39, 0.29) is 6.10 Å². The zero-order valence-corrected chi connectivity index (χ0v) is 21.6. The number of hydrogen-bond donors (Lipinski definition) is 1. The standard InChI is InChI=1S/C31H37N3O2/c1-4-5-16-27(35)22-34(21-25-12-8-6-9-13-25)23-29-30(26-14-10-7-11-15-26)32-33(3)31(29)36-28-19-17-24(2)18-20-28/h6-15,17-20,27,35H,4-5,16,21-23H2,1-3H3/t27-/m0/s1. The Kier molecular flexibility index (Phi) is 8.93. The molecule has 1 N–H and O–H groups in total. The zero-order valence-electron chi connectivity index (χ0n) is 21.6. The Morgan fingerprint density at radius 3 is 2.25 bits per heavy atom. The summed E-state index contributed by atoms with van der Waals surface area (Å²) in [5.41, 5.74) is 5.37. The largest absolute Gasteiger partial charge is 0.439 e. The summed E-state index contributed by atoms with van der Waals surface area (Å²) in [6.45, 7) is 6.15. The minimum Gasteiger partial charge on any atom is -0.439 e. The van der Waals surface area contributed by atoms with E-state index in [1.165, 1.54) is 11.1 Å². The molecule has 1 heterocycles. The summed E-state index contributed by atoms with van der Waals surface area (Å²) in [6.07, 6.45) is 2.51. The molecule has 188 valence electrons. The van der Waals surface area contributed by atoms with Crippen LogP contribution in [0.25, 0.3) is 11.3 Å². The first-order valence-corrected chi connectivity index (χ1v) is 12.8. The van der Waals surface area contributed by atoms with Crippen LogP contribution in [0.2, 0.25) is 0 Å². The predicted molar refractivity (Wildman–Crippen MR) is 146 cm³/mol. The SMILES string of the molecule is CCCC[C@H](O)CN(Cc1ccccc1)Cc1c(-c2ccccc2)nn(C)c1Oc1ccc(C)cc1. The van der Waals surface area contributed by atoms with Crippen molar-refractivity contribution >= 4 is 0 Å². The van der Waals surface area contributed by atoms with Crippen molar-refractivity contribution in [2.24, 2.45) is 7.05 Å². The second-order valence-electron chi connectivity index (χ2n) is 9.49. The van der Waals surface area contributed by atoms with Crippen LogP contribution in [-0.2, 0) is 20.1 Å². The monoisotopic (exact) mass is 483 g/mol. The number of ether oxygens (including phenoxy) is 1. The summed E-state index contributed by atoms with van der Waals surface area (Å²) >= 11 is 0. The maximum Gasteiger partial charge on any atom is 0.222 e. The van der Waals surface area contributed by atoms with Crippen LogP contribution < -0.4 is 4.74 Å². The highest BCUT2D eigenvalue weighted by Crippen LogP contribution is 2.34. The van der Waals surface area contributed by atoms with E-state index in [0.29, 0.717) is 13.1 Å². The van der Waals surface area contributed by atoms with Crippen LogP contribution in [0, 0.1) is 6.92 Å². The van der Waals surface area contributed by atoms with Gasteiger partial charge in [-0.15, -0.1) is 0 Å². The summed E-state index contributed by atoms with van der Waals surface area (Å²) in [5.74, 6) is 1.50. The molecule has 0 bridgehead atoms. The minimum absolute atomic E-state index is 0.382. The highest BCUT2D eigenvalue weighted by molar-refractivity contribution is 5.65. The molecule has 0 unspecified atom stereocenters. The molecule has 0 spiro atoms. The van der Waals surface area contributed by atoms with Crippen molar-refractivity contribution in [2.45, 2.75) is 52.3 Å². The highest BCUT2D eigenvalue weighted by atomic mass is 16.5. The molecule has 0 saturated heterocycles. The van der Waals surface area contributed by atoms with Crippen LogP contribution in [0.4, 0.5) is 0 Å². The number of nitrogens with zero attached hydrogens (tertiary/aromatic N) is 3. The number of aliphatic hydroxyl groups is 1. The number of aryl methyl sites for hydroxylation is 2. The van der Waals surface area contributed by atoms with Gasteiger partial charge in [-0.1, -0.05) is 98.1 Å². The number of hydrogen-bond acceptors (Lipinski definition) is 4. The third-order valence-corrected chi connectivity index (χ3v) is 6.36. The summed E-state index contributed by atoms with van der Waals surface area (Å²) in [5, 5.41) is 15.7. The molecular formula is C31H37N3O2. The molecule has 0 amide bonds. The summed E-state index contributed by atoms with van der Waals surface area (Å²) < 4.78 is 8.25. The van der Waals surface area contributed by atoms with Crippen LogP contribution in [0.15, 0.2) is 84.9 Å². The molecule has 5 nitrogen and oxygen atoms in total. The van der Waals surface area contributed by atoms with Gasteiger partial charge in [0.05, 0.1) is 11.7 Å². The van der Waals surface area contributed by atoms with Gasteiger partial charge in [0.2, 0.25) is 5.88 Å². The number of benzene rings is 3. The van der Waals surface area contributed by atoms with E-state index in [9.17, 15) is 5.11 Å². The Bertz CT molecular complexity index is 1200. The van der Waals surface area contributed by atoms with E-state index in [4.69, 9.17) is 9.84 Å². The van der Waals surface area contributed by atoms with Crippen LogP contribution in [-0.4, -0.2) is 32.4 Å². The van der Waals surface area contributed by atoms with Gasteiger partial charge >= 0.3 is 0 Å². The van der Waals surface area contributed by atoms with Gasteiger partial charge in [0.25, 0.3) is 0 Å². The Labute approximate surface area is 215 Å². The Morgan fingerprint density at radius 2 is 1.58 bits per heavy atom. The molecule has 4 rings (SSSR count). The summed E-state index contributed by atoms with van der Waals surface area (Å²) in [4.78, 5) is 2.31. The fourth-order valence-electron chi connectivity index (χ4n) is 4.45. The van der Waals surface area contributed by atoms with Crippen molar-refractivity contribution in [3.63, 3.8) is 0 Å². The lowest BCUT2D eigenvalue weighted by molar-refractivity contribution is 0.0954. The van der Waals surface area contributed by atoms with Crippen molar-refractivity contribution < 1.29 is 9.84 Å². The zero-order chi connectivity index (χ0) is 25.3. The minimum atomic E-state index is -0.382. The van der Waals surface area contributed by atoms with Crippen LogP contribution >= 0.6 is 0 Å². The second-order valence-corrected chi connectivity index (χ2v) is 9.49. The first-order valence-electron chi connectivity index (χ1n) is 12.8. The van der Waals surface area contributed by atoms with Crippen LogP contribution in [0.1, 0.15) is 42.9 Å². The maximum absolute atomic E-state index is 10.8. The van der Waals surface area contributed by atoms with E-state index in [1.54, 1.807) is 0 Å². The third-order valence-electron chi connectivity index (χ3n) is 6.36. The predicted octanol–water partition coefficient (Wildman–Crippen LogP) is 6.74. The Morgan fingerprint density at radius 1 is 0.917 bits per heavy atom. The Balaban J connectivity index is 1.70. The summed E-state index contributed by atoms with van der Waals surface area (Å²) in [7, 11) is 1.93. The third kappa shape index (κ3) is 6.84. The van der Waals surface area contributed by atoms with Gasteiger partial charge in [-0.3, -0.25) is 4.90 Å². The van der Waals surface area contributed by atoms with Crippen LogP contribution in [0.3, 0.4) is 0 Å². The van der Waals surface area contributed by atoms with Gasteiger partial charge in [-0.2, -0.15) is 5.10 Å². The molecule has 5 heteroatoms. The average molecular weight is 484 g/mol. The van der Waals surface area contributed by atoms with Gasteiger partial charge in [0.1, 0.15) is 11.4 Å². The lowest BCUT2D eigenvalue weighted by Gasteiger charge is -2.26. The van der Waals surface area contributed by atoms with Crippen LogP contribution in [0.5, 0.6) is 11.6 Å². The molecule has 0 radical (unpaired) electrons. The molecule has 0 aliphatic carbocycles. The lowest BCUT2D eigenvalue weighted by Crippen LogP contribution is -2.32. The lowest BCUT2D eigenvalue weighted by atomic mass is 10.1. The van der Waals surface area contributed by atoms with Crippen molar-refractivity contribution in [3.05, 3.63) is 102 Å². The van der Waals surface area contributed by atoms with Gasteiger partial charge in [-0.25, -0.2) is 4.68 Å². The van der Waals surface area contributed by atoms with Crippen molar-refractivity contribution in [3.8, 4) is 22.9 Å². The first kappa shape index (κ1) is 25.7. The summed E-state index contributed by atoms with van der Waals surface area (Å²) in [6, 6.07) is 28.8. The molecule has 1 atom stereocenters. The van der Waals surface area contributed by atoms with E-state index >= 15 is 0 Å². The van der Waals surface area contributed by atoms with Gasteiger partial charge < -0.3 is 9.84 Å². The van der Waals surface area contributed by atoms with Crippen molar-refractivity contribution in [1.29, 1.82) is 0 Å². The fraction of sp³-hybridized carbons (Fsp3) is 0.323. The topological polar surface area (TPSA) is 50.5 Å². The maximum atomic E-state index is 10.8. The molecule has 0 aliphatic heterocycles. The van der Waals surface area contributed by atoms with E-state index < -0.39 is 0 Å². The number of unbranched alkanes of at least 4 members (excludes halogenated alkanes) is 1. The molecule has 36 heavy (non-hydrogen) atoms. The van der Waals surface area contributed by atoms with E-state index in [2.05, 4.69) is 67.3 Å². The molecule has 3 aromatic carbocycles. The number of aromatic nitrogens is 2. The van der Waals surface area contributed by atoms with E-state index in [1.807, 2.05) is 48.1 Å². The molecule has 1 aromatic heterocycles. The van der Waals surface area contributed by atoms with Gasteiger partial charge in [-0.05, 0) is 31.0 Å². The quantitative estimate of drug-likeness (QED) is 0.242. The van der Waals surface area contributed by atoms with Crippen molar-refractivity contribution in [1.82, 2.24) is 14.7 Å². The molecule has 0 saturated carbocycles. The molecule has 0 fully saturated rings. The van der Waals surface area contributed by atoms with Gasteiger partial charge in [0.15, 0.2) is 0 Å². The Hall–Kier alpha value is -3.41. The molecule has 0 aliphatic rings. The highest BCUT2D eigenvalue weighted by Gasteiger charge is 2.23.